The topological polar surface area (TPSA) is 64.2 Å². The number of carbonyl (C=O) groups is 1. The zero-order chi connectivity index (χ0) is 13.3. The highest BCUT2D eigenvalue weighted by Crippen LogP contribution is 2.17. The summed E-state index contributed by atoms with van der Waals surface area (Å²) in [4.78, 5) is 14.3. The van der Waals surface area contributed by atoms with Crippen molar-refractivity contribution in [3.8, 4) is 0 Å². The van der Waals surface area contributed by atoms with Crippen molar-refractivity contribution < 1.29 is 4.79 Å². The third-order valence-electron chi connectivity index (χ3n) is 3.54. The van der Waals surface area contributed by atoms with E-state index in [4.69, 9.17) is 5.73 Å². The molecule has 0 radical (unpaired) electrons. The molecule has 1 aliphatic rings. The fourth-order valence-corrected chi connectivity index (χ4v) is 2.62. The lowest BCUT2D eigenvalue weighted by molar-refractivity contribution is -0.135. The molecule has 1 aromatic rings. The van der Waals surface area contributed by atoms with Crippen LogP contribution in [0.3, 0.4) is 0 Å². The average molecular weight is 250 g/mol. The van der Waals surface area contributed by atoms with Crippen LogP contribution in [0.1, 0.15) is 37.2 Å². The summed E-state index contributed by atoms with van der Waals surface area (Å²) in [5.74, 6) is 0.122. The second-order valence-electron chi connectivity index (χ2n) is 5.23. The van der Waals surface area contributed by atoms with Crippen molar-refractivity contribution in [3.05, 3.63) is 17.5 Å². The fourth-order valence-electron chi connectivity index (χ4n) is 2.62. The molecule has 2 atom stereocenters. The van der Waals surface area contributed by atoms with E-state index in [0.29, 0.717) is 6.54 Å². The third-order valence-corrected chi connectivity index (χ3v) is 3.54. The maximum absolute atomic E-state index is 12.4. The fraction of sp³-hybridized carbons (Fsp3) is 0.692. The Morgan fingerprint density at radius 3 is 2.83 bits per heavy atom. The largest absolute Gasteiger partial charge is 0.339 e. The lowest BCUT2D eigenvalue weighted by Crippen LogP contribution is -2.47. The van der Waals surface area contributed by atoms with E-state index in [0.717, 1.165) is 30.8 Å². The van der Waals surface area contributed by atoms with Gasteiger partial charge in [-0.15, -0.1) is 0 Å². The average Bonchev–Trinajstić information content (AvgIpc) is 2.66. The van der Waals surface area contributed by atoms with E-state index in [1.807, 2.05) is 31.7 Å². The first-order valence-electron chi connectivity index (χ1n) is 6.56. The van der Waals surface area contributed by atoms with Crippen LogP contribution in [0.15, 0.2) is 6.07 Å². The van der Waals surface area contributed by atoms with Crippen molar-refractivity contribution in [2.24, 2.45) is 5.73 Å². The molecule has 0 bridgehead atoms. The second kappa shape index (κ2) is 5.10. The van der Waals surface area contributed by atoms with Crippen LogP contribution < -0.4 is 5.73 Å². The molecule has 1 aromatic heterocycles. The van der Waals surface area contributed by atoms with Crippen molar-refractivity contribution in [2.75, 3.05) is 13.1 Å². The predicted molar refractivity (Wildman–Crippen MR) is 70.2 cm³/mol. The van der Waals surface area contributed by atoms with Crippen molar-refractivity contribution >= 4 is 5.91 Å². The van der Waals surface area contributed by atoms with Crippen LogP contribution in [0.4, 0.5) is 0 Å². The maximum Gasteiger partial charge on any atom is 0.247 e. The first-order chi connectivity index (χ1) is 8.49. The molecule has 18 heavy (non-hydrogen) atoms. The number of piperidine rings is 1. The Bertz CT molecular complexity index is 440. The van der Waals surface area contributed by atoms with Crippen LogP contribution in [0, 0.1) is 13.8 Å². The van der Waals surface area contributed by atoms with E-state index in [9.17, 15) is 4.79 Å². The molecule has 0 spiro atoms. The molecule has 2 rings (SSSR count). The van der Waals surface area contributed by atoms with Crippen molar-refractivity contribution in [3.63, 3.8) is 0 Å². The normalized spacial score (nSPS) is 22.0. The number of amides is 1. The van der Waals surface area contributed by atoms with E-state index >= 15 is 0 Å². The number of nitrogens with zero attached hydrogens (tertiary/aromatic N) is 3. The molecule has 1 saturated heterocycles. The van der Waals surface area contributed by atoms with Crippen LogP contribution in [-0.4, -0.2) is 39.7 Å². The standard InChI is InChI=1S/C13H22N4O/c1-9-7-10(2)17(15-9)11(3)13(18)16-6-4-5-12(14)8-16/h7,11-12H,4-6,8,14H2,1-3H3/t11-,12-/m1/s1. The van der Waals surface area contributed by atoms with Crippen LogP contribution in [0.25, 0.3) is 0 Å². The Labute approximate surface area is 108 Å². The van der Waals surface area contributed by atoms with Gasteiger partial charge in [-0.25, -0.2) is 0 Å². The highest BCUT2D eigenvalue weighted by atomic mass is 16.2. The molecular formula is C13H22N4O. The van der Waals surface area contributed by atoms with Crippen molar-refractivity contribution in [1.29, 1.82) is 0 Å². The van der Waals surface area contributed by atoms with E-state index in [1.165, 1.54) is 0 Å². The highest BCUT2D eigenvalue weighted by Gasteiger charge is 2.27. The van der Waals surface area contributed by atoms with Gasteiger partial charge in [0.25, 0.3) is 0 Å². The quantitative estimate of drug-likeness (QED) is 0.852. The summed E-state index contributed by atoms with van der Waals surface area (Å²) in [6, 6.07) is 1.87. The summed E-state index contributed by atoms with van der Waals surface area (Å²) in [6.45, 7) is 7.31. The molecule has 0 aromatic carbocycles. The molecule has 1 aliphatic heterocycles. The monoisotopic (exact) mass is 250 g/mol. The summed E-state index contributed by atoms with van der Waals surface area (Å²) in [5, 5.41) is 4.38. The Morgan fingerprint density at radius 1 is 1.56 bits per heavy atom. The van der Waals surface area contributed by atoms with Gasteiger partial charge < -0.3 is 10.6 Å². The van der Waals surface area contributed by atoms with E-state index < -0.39 is 0 Å². The predicted octanol–water partition coefficient (Wildman–Crippen LogP) is 1.01. The molecule has 100 valence electrons. The molecule has 0 aliphatic carbocycles. The molecule has 5 nitrogen and oxygen atoms in total. The number of aryl methyl sites for hydroxylation is 2. The van der Waals surface area contributed by atoms with Crippen molar-refractivity contribution in [2.45, 2.75) is 45.7 Å². The first kappa shape index (κ1) is 13.1. The van der Waals surface area contributed by atoms with Gasteiger partial charge in [-0.1, -0.05) is 0 Å². The van der Waals surface area contributed by atoms with Gasteiger partial charge >= 0.3 is 0 Å². The number of likely N-dealkylation sites (tertiary alicyclic amines) is 1. The molecule has 2 heterocycles. The molecule has 0 unspecified atom stereocenters. The van der Waals surface area contributed by atoms with Gasteiger partial charge in [0.15, 0.2) is 0 Å². The number of carbonyl (C=O) groups excluding carboxylic acids is 1. The summed E-state index contributed by atoms with van der Waals surface area (Å²) < 4.78 is 1.80. The number of hydrogen-bond acceptors (Lipinski definition) is 3. The molecular weight excluding hydrogens is 228 g/mol. The number of nitrogens with two attached hydrogens (primary N) is 1. The third kappa shape index (κ3) is 2.56. The summed E-state index contributed by atoms with van der Waals surface area (Å²) in [6.07, 6.45) is 2.01. The number of aromatic nitrogens is 2. The molecule has 5 heteroatoms. The first-order valence-corrected chi connectivity index (χ1v) is 6.56. The molecule has 1 amide bonds. The zero-order valence-corrected chi connectivity index (χ0v) is 11.4. The SMILES string of the molecule is Cc1cc(C)n([C@H](C)C(=O)N2CCC[C@@H](N)C2)n1. The van der Waals surface area contributed by atoms with Crippen LogP contribution >= 0.6 is 0 Å². The lowest BCUT2D eigenvalue weighted by Gasteiger charge is -2.32. The summed E-state index contributed by atoms with van der Waals surface area (Å²) >= 11 is 0. The Kier molecular flexibility index (Phi) is 3.71. The maximum atomic E-state index is 12.4. The molecule has 2 N–H and O–H groups in total. The lowest BCUT2D eigenvalue weighted by atomic mass is 10.1. The Morgan fingerprint density at radius 2 is 2.28 bits per heavy atom. The molecule has 0 saturated carbocycles. The number of rotatable bonds is 2. The van der Waals surface area contributed by atoms with Crippen LogP contribution in [0.5, 0.6) is 0 Å². The molecule has 1 fully saturated rings. The van der Waals surface area contributed by atoms with Gasteiger partial charge in [0.2, 0.25) is 5.91 Å². The Balaban J connectivity index is 2.11. The van der Waals surface area contributed by atoms with Gasteiger partial charge in [0, 0.05) is 24.8 Å². The summed E-state index contributed by atoms with van der Waals surface area (Å²) in [7, 11) is 0. The minimum absolute atomic E-state index is 0.121. The van der Waals surface area contributed by atoms with Gasteiger partial charge in [0.05, 0.1) is 5.69 Å². The van der Waals surface area contributed by atoms with Crippen LogP contribution in [-0.2, 0) is 4.79 Å². The van der Waals surface area contributed by atoms with E-state index in [2.05, 4.69) is 5.10 Å². The van der Waals surface area contributed by atoms with Crippen LogP contribution in [0.2, 0.25) is 0 Å². The minimum Gasteiger partial charge on any atom is -0.339 e. The van der Waals surface area contributed by atoms with Gasteiger partial charge in [0.1, 0.15) is 6.04 Å². The van der Waals surface area contributed by atoms with Crippen molar-refractivity contribution in [1.82, 2.24) is 14.7 Å². The second-order valence-corrected chi connectivity index (χ2v) is 5.23. The van der Waals surface area contributed by atoms with E-state index in [1.54, 1.807) is 4.68 Å². The summed E-state index contributed by atoms with van der Waals surface area (Å²) in [5.41, 5.74) is 7.89. The zero-order valence-electron chi connectivity index (χ0n) is 11.4. The smallest absolute Gasteiger partial charge is 0.247 e. The minimum atomic E-state index is -0.246. The Hall–Kier alpha value is -1.36. The van der Waals surface area contributed by atoms with E-state index in [-0.39, 0.29) is 18.0 Å². The van der Waals surface area contributed by atoms with Gasteiger partial charge in [-0.05, 0) is 39.7 Å². The van der Waals surface area contributed by atoms with Gasteiger partial charge in [-0.3, -0.25) is 9.48 Å². The number of hydrogen-bond donors (Lipinski definition) is 1. The van der Waals surface area contributed by atoms with Gasteiger partial charge in [-0.2, -0.15) is 5.10 Å². The highest BCUT2D eigenvalue weighted by molar-refractivity contribution is 5.80.